The first-order chi connectivity index (χ1) is 16.4. The summed E-state index contributed by atoms with van der Waals surface area (Å²) in [5, 5.41) is 12.1. The molecule has 0 aromatic heterocycles. The van der Waals surface area contributed by atoms with E-state index in [1.807, 2.05) is 6.07 Å². The number of carbonyl (C=O) groups is 2. The molecule has 34 heavy (non-hydrogen) atoms. The molecule has 0 saturated heterocycles. The number of nitrogens with one attached hydrogen (secondary N) is 1. The molecule has 0 atom stereocenters. The number of rotatable bonds is 8. The maximum absolute atomic E-state index is 14.0. The third-order valence-corrected chi connectivity index (χ3v) is 4.98. The van der Waals surface area contributed by atoms with Crippen molar-refractivity contribution in [2.45, 2.75) is 13.3 Å². The van der Waals surface area contributed by atoms with Crippen LogP contribution in [0.4, 0.5) is 10.1 Å². The molecule has 0 radical (unpaired) electrons. The molecule has 6 nitrogen and oxygen atoms in total. The summed E-state index contributed by atoms with van der Waals surface area (Å²) >= 11 is 0. The lowest BCUT2D eigenvalue weighted by atomic mass is 10.0. The van der Waals surface area contributed by atoms with Gasteiger partial charge in [-0.15, -0.1) is 0 Å². The number of benzene rings is 3. The van der Waals surface area contributed by atoms with Gasteiger partial charge in [-0.1, -0.05) is 30.3 Å². The van der Waals surface area contributed by atoms with Crippen LogP contribution in [0.3, 0.4) is 0 Å². The Morgan fingerprint density at radius 1 is 1.06 bits per heavy atom. The van der Waals surface area contributed by atoms with Crippen molar-refractivity contribution in [3.8, 4) is 11.8 Å². The Hall–Kier alpha value is -4.44. The zero-order valence-electron chi connectivity index (χ0n) is 18.8. The summed E-state index contributed by atoms with van der Waals surface area (Å²) in [5.74, 6) is -0.831. The summed E-state index contributed by atoms with van der Waals surface area (Å²) in [6.45, 7) is 1.98. The van der Waals surface area contributed by atoms with Crippen LogP contribution >= 0.6 is 0 Å². The molecule has 3 rings (SSSR count). The number of nitriles is 1. The van der Waals surface area contributed by atoms with Crippen LogP contribution < -0.4 is 10.1 Å². The molecule has 0 aliphatic heterocycles. The van der Waals surface area contributed by atoms with Crippen molar-refractivity contribution in [1.29, 1.82) is 5.26 Å². The Kier molecular flexibility index (Phi) is 8.14. The summed E-state index contributed by atoms with van der Waals surface area (Å²) in [5.41, 5.74) is 2.57. The number of nitrogens with zero attached hydrogens (tertiary/aromatic N) is 1. The number of halogens is 1. The maximum atomic E-state index is 14.0. The SMILES string of the molecule is CCOC(=O)c1ccc(NC(=O)/C(C#N)=C/c2ccc(Cc3ccccc3F)c(OC)c2)cc1. The van der Waals surface area contributed by atoms with Crippen molar-refractivity contribution in [3.63, 3.8) is 0 Å². The van der Waals surface area contributed by atoms with E-state index in [0.717, 1.165) is 5.56 Å². The van der Waals surface area contributed by atoms with Crippen molar-refractivity contribution in [1.82, 2.24) is 0 Å². The highest BCUT2D eigenvalue weighted by atomic mass is 19.1. The number of hydrogen-bond donors (Lipinski definition) is 1. The van der Waals surface area contributed by atoms with Crippen molar-refractivity contribution in [3.05, 3.63) is 100 Å². The average molecular weight is 458 g/mol. The van der Waals surface area contributed by atoms with Gasteiger partial charge in [-0.25, -0.2) is 9.18 Å². The Bertz CT molecular complexity index is 1260. The smallest absolute Gasteiger partial charge is 0.338 e. The monoisotopic (exact) mass is 458 g/mol. The third-order valence-electron chi connectivity index (χ3n) is 4.98. The number of methoxy groups -OCH3 is 1. The van der Waals surface area contributed by atoms with E-state index >= 15 is 0 Å². The summed E-state index contributed by atoms with van der Waals surface area (Å²) in [7, 11) is 1.51. The first-order valence-corrected chi connectivity index (χ1v) is 10.6. The second kappa shape index (κ2) is 11.4. The molecule has 0 aliphatic rings. The minimum Gasteiger partial charge on any atom is -0.496 e. The summed E-state index contributed by atoms with van der Waals surface area (Å²) in [6, 6.07) is 19.8. The molecule has 0 saturated carbocycles. The molecule has 172 valence electrons. The van der Waals surface area contributed by atoms with Gasteiger partial charge in [0.15, 0.2) is 0 Å². The second-order valence-electron chi connectivity index (χ2n) is 7.26. The Labute approximate surface area is 197 Å². The van der Waals surface area contributed by atoms with Crippen LogP contribution in [0.1, 0.15) is 34.0 Å². The van der Waals surface area contributed by atoms with Gasteiger partial charge >= 0.3 is 5.97 Å². The number of hydrogen-bond acceptors (Lipinski definition) is 5. The molecule has 1 amide bonds. The topological polar surface area (TPSA) is 88.4 Å². The minimum atomic E-state index is -0.596. The predicted octanol–water partition coefficient (Wildman–Crippen LogP) is 5.15. The van der Waals surface area contributed by atoms with Crippen LogP contribution in [0.25, 0.3) is 6.08 Å². The van der Waals surface area contributed by atoms with Crippen molar-refractivity contribution in [2.24, 2.45) is 0 Å². The van der Waals surface area contributed by atoms with E-state index in [0.29, 0.717) is 34.5 Å². The molecule has 1 N–H and O–H groups in total. The molecule has 3 aromatic rings. The fourth-order valence-corrected chi connectivity index (χ4v) is 3.26. The Morgan fingerprint density at radius 3 is 2.44 bits per heavy atom. The van der Waals surface area contributed by atoms with E-state index in [-0.39, 0.29) is 18.0 Å². The molecule has 7 heteroatoms. The fourth-order valence-electron chi connectivity index (χ4n) is 3.26. The molecule has 0 aliphatic carbocycles. The molecule has 0 fully saturated rings. The van der Waals surface area contributed by atoms with Gasteiger partial charge in [0, 0.05) is 12.1 Å². The van der Waals surface area contributed by atoms with Crippen LogP contribution in [-0.2, 0) is 16.0 Å². The van der Waals surface area contributed by atoms with Gasteiger partial charge in [-0.2, -0.15) is 5.26 Å². The predicted molar refractivity (Wildman–Crippen MR) is 127 cm³/mol. The highest BCUT2D eigenvalue weighted by molar-refractivity contribution is 6.09. The zero-order valence-corrected chi connectivity index (χ0v) is 18.8. The van der Waals surface area contributed by atoms with E-state index in [1.54, 1.807) is 55.5 Å². The number of carbonyl (C=O) groups excluding carboxylic acids is 2. The normalized spacial score (nSPS) is 10.8. The zero-order chi connectivity index (χ0) is 24.5. The van der Waals surface area contributed by atoms with Gasteiger partial charge in [0.2, 0.25) is 0 Å². The van der Waals surface area contributed by atoms with Gasteiger partial charge in [-0.05, 0) is 66.1 Å². The fraction of sp³-hybridized carbons (Fsp3) is 0.148. The first kappa shape index (κ1) is 24.2. The van der Waals surface area contributed by atoms with E-state index in [9.17, 15) is 19.2 Å². The summed E-state index contributed by atoms with van der Waals surface area (Å²) in [4.78, 5) is 24.3. The Balaban J connectivity index is 1.76. The van der Waals surface area contributed by atoms with Gasteiger partial charge in [0.05, 0.1) is 19.3 Å². The number of amides is 1. The van der Waals surface area contributed by atoms with E-state index in [1.165, 1.54) is 31.4 Å². The Morgan fingerprint density at radius 2 is 1.79 bits per heavy atom. The number of ether oxygens (including phenoxy) is 2. The van der Waals surface area contributed by atoms with Gasteiger partial charge in [-0.3, -0.25) is 4.79 Å². The van der Waals surface area contributed by atoms with Gasteiger partial charge in [0.25, 0.3) is 5.91 Å². The molecule has 0 bridgehead atoms. The van der Waals surface area contributed by atoms with Crippen molar-refractivity contribution < 1.29 is 23.5 Å². The van der Waals surface area contributed by atoms with Crippen molar-refractivity contribution >= 4 is 23.6 Å². The number of anilines is 1. The van der Waals surface area contributed by atoms with Crippen LogP contribution in [-0.4, -0.2) is 25.6 Å². The maximum Gasteiger partial charge on any atom is 0.338 e. The van der Waals surface area contributed by atoms with E-state index < -0.39 is 11.9 Å². The quantitative estimate of drug-likeness (QED) is 0.287. The molecule has 0 heterocycles. The van der Waals surface area contributed by atoms with Crippen LogP contribution in [0.15, 0.2) is 72.3 Å². The van der Waals surface area contributed by atoms with Crippen molar-refractivity contribution in [2.75, 3.05) is 19.0 Å². The van der Waals surface area contributed by atoms with Gasteiger partial charge in [0.1, 0.15) is 23.2 Å². The first-order valence-electron chi connectivity index (χ1n) is 10.6. The van der Waals surface area contributed by atoms with E-state index in [2.05, 4.69) is 5.32 Å². The third kappa shape index (κ3) is 6.08. The molecule has 3 aromatic carbocycles. The van der Waals surface area contributed by atoms with Crippen LogP contribution in [0.5, 0.6) is 5.75 Å². The lowest BCUT2D eigenvalue weighted by Gasteiger charge is -2.11. The van der Waals surface area contributed by atoms with Gasteiger partial charge < -0.3 is 14.8 Å². The summed E-state index contributed by atoms with van der Waals surface area (Å²) < 4.78 is 24.4. The van der Waals surface area contributed by atoms with Crippen LogP contribution in [0, 0.1) is 17.1 Å². The highest BCUT2D eigenvalue weighted by Crippen LogP contribution is 2.25. The summed E-state index contributed by atoms with van der Waals surface area (Å²) in [6.07, 6.45) is 1.78. The highest BCUT2D eigenvalue weighted by Gasteiger charge is 2.13. The molecule has 0 spiro atoms. The molecule has 0 unspecified atom stereocenters. The molecular weight excluding hydrogens is 435 g/mol. The lowest BCUT2D eigenvalue weighted by molar-refractivity contribution is -0.112. The van der Waals surface area contributed by atoms with E-state index in [4.69, 9.17) is 9.47 Å². The minimum absolute atomic E-state index is 0.113. The largest absolute Gasteiger partial charge is 0.496 e. The second-order valence-corrected chi connectivity index (χ2v) is 7.26. The molecular formula is C27H23FN2O4. The standard InChI is InChI=1S/C27H23FN2O4/c1-3-34-27(32)19-10-12-23(13-11-19)30-26(31)22(17-29)14-18-8-9-21(25(15-18)33-2)16-20-6-4-5-7-24(20)28/h4-15H,3,16H2,1-2H3,(H,30,31)/b22-14+. The van der Waals surface area contributed by atoms with Crippen LogP contribution in [0.2, 0.25) is 0 Å². The number of esters is 1. The lowest BCUT2D eigenvalue weighted by Crippen LogP contribution is -2.13. The average Bonchev–Trinajstić information content (AvgIpc) is 2.85.